The Hall–Kier alpha value is -1.79. The number of hydrogen-bond acceptors (Lipinski definition) is 4. The number of carbonyl (C=O) groups is 1. The number of aliphatic hydroxyl groups excluding tert-OH is 1. The molecule has 0 spiro atoms. The van der Waals surface area contributed by atoms with Crippen molar-refractivity contribution in [3.05, 3.63) is 30.3 Å². The topological polar surface area (TPSA) is 82.0 Å². The summed E-state index contributed by atoms with van der Waals surface area (Å²) in [5, 5.41) is 22.0. The van der Waals surface area contributed by atoms with Gasteiger partial charge >= 0.3 is 6.09 Å². The number of likely N-dealkylation sites (tertiary alicyclic amines) is 1. The monoisotopic (exact) mass is 294 g/mol. The van der Waals surface area contributed by atoms with Crippen LogP contribution in [0.25, 0.3) is 0 Å². The maximum Gasteiger partial charge on any atom is 0.407 e. The molecule has 3 N–H and O–H groups in total. The van der Waals surface area contributed by atoms with Crippen LogP contribution >= 0.6 is 0 Å². The van der Waals surface area contributed by atoms with Crippen molar-refractivity contribution in [3.8, 4) is 5.75 Å². The number of amides is 1. The summed E-state index contributed by atoms with van der Waals surface area (Å²) < 4.78 is 5.48. The predicted molar refractivity (Wildman–Crippen MR) is 78.6 cm³/mol. The first-order valence-corrected chi connectivity index (χ1v) is 7.22. The van der Waals surface area contributed by atoms with E-state index in [1.165, 1.54) is 4.90 Å². The molecule has 0 aliphatic carbocycles. The van der Waals surface area contributed by atoms with E-state index in [0.29, 0.717) is 19.6 Å². The molecular weight excluding hydrogens is 272 g/mol. The second-order valence-corrected chi connectivity index (χ2v) is 5.23. The van der Waals surface area contributed by atoms with Crippen LogP contribution in [0, 0.1) is 0 Å². The van der Waals surface area contributed by atoms with Gasteiger partial charge in [0.1, 0.15) is 18.5 Å². The Morgan fingerprint density at radius 2 is 2.00 bits per heavy atom. The minimum absolute atomic E-state index is 0.241. The molecule has 6 nitrogen and oxygen atoms in total. The first kappa shape index (κ1) is 15.6. The number of hydrogen-bond donors (Lipinski definition) is 3. The molecule has 0 bridgehead atoms. The molecule has 2 rings (SSSR count). The minimum atomic E-state index is -0.857. The molecule has 1 heterocycles. The summed E-state index contributed by atoms with van der Waals surface area (Å²) in [4.78, 5) is 12.2. The first-order chi connectivity index (χ1) is 10.1. The van der Waals surface area contributed by atoms with Crippen molar-refractivity contribution >= 4 is 6.09 Å². The molecule has 1 aliphatic rings. The quantitative estimate of drug-likeness (QED) is 0.733. The van der Waals surface area contributed by atoms with Gasteiger partial charge in [-0.2, -0.15) is 0 Å². The SMILES string of the molecule is O=C(O)N1CCC(NC[C@H](O)COc2ccccc2)CC1. The Morgan fingerprint density at radius 3 is 2.62 bits per heavy atom. The van der Waals surface area contributed by atoms with Crippen molar-refractivity contribution in [2.75, 3.05) is 26.2 Å². The number of piperidine rings is 1. The molecular formula is C15H22N2O4. The highest BCUT2D eigenvalue weighted by atomic mass is 16.5. The summed E-state index contributed by atoms with van der Waals surface area (Å²) in [6.07, 6.45) is 0.115. The van der Waals surface area contributed by atoms with E-state index in [0.717, 1.165) is 18.6 Å². The number of nitrogens with zero attached hydrogens (tertiary/aromatic N) is 1. The summed E-state index contributed by atoms with van der Waals surface area (Å²) in [7, 11) is 0. The maximum absolute atomic E-state index is 10.8. The van der Waals surface area contributed by atoms with Gasteiger partial charge in [-0.05, 0) is 25.0 Å². The lowest BCUT2D eigenvalue weighted by atomic mass is 10.1. The van der Waals surface area contributed by atoms with Crippen LogP contribution in [0.2, 0.25) is 0 Å². The Balaban J connectivity index is 1.61. The third kappa shape index (κ3) is 5.24. The standard InChI is InChI=1S/C15H22N2O4/c18-13(11-21-14-4-2-1-3-5-14)10-16-12-6-8-17(9-7-12)15(19)20/h1-5,12-13,16,18H,6-11H2,(H,19,20)/t13-/m0/s1. The van der Waals surface area contributed by atoms with Gasteiger partial charge in [-0.15, -0.1) is 0 Å². The van der Waals surface area contributed by atoms with Crippen molar-refractivity contribution in [2.24, 2.45) is 0 Å². The molecule has 1 amide bonds. The van der Waals surface area contributed by atoms with Crippen LogP contribution in [0.3, 0.4) is 0 Å². The fourth-order valence-electron chi connectivity index (χ4n) is 2.35. The number of aliphatic hydroxyl groups is 1. The lowest BCUT2D eigenvalue weighted by Gasteiger charge is -2.31. The zero-order chi connectivity index (χ0) is 15.1. The average Bonchev–Trinajstić information content (AvgIpc) is 2.52. The van der Waals surface area contributed by atoms with Crippen LogP contribution in [0.4, 0.5) is 4.79 Å². The van der Waals surface area contributed by atoms with E-state index in [-0.39, 0.29) is 12.6 Å². The van der Waals surface area contributed by atoms with Gasteiger partial charge in [-0.25, -0.2) is 4.79 Å². The highest BCUT2D eigenvalue weighted by molar-refractivity contribution is 5.65. The fraction of sp³-hybridized carbons (Fsp3) is 0.533. The van der Waals surface area contributed by atoms with Gasteiger partial charge in [0.15, 0.2) is 0 Å². The van der Waals surface area contributed by atoms with Gasteiger partial charge in [-0.1, -0.05) is 18.2 Å². The lowest BCUT2D eigenvalue weighted by molar-refractivity contribution is 0.0963. The van der Waals surface area contributed by atoms with Crippen molar-refractivity contribution in [1.29, 1.82) is 0 Å². The molecule has 0 unspecified atom stereocenters. The number of nitrogens with one attached hydrogen (secondary N) is 1. The second kappa shape index (κ2) is 7.85. The number of carboxylic acid groups (broad SMARTS) is 1. The van der Waals surface area contributed by atoms with E-state index in [1.807, 2.05) is 30.3 Å². The van der Waals surface area contributed by atoms with Gasteiger partial charge in [0.2, 0.25) is 0 Å². The van der Waals surface area contributed by atoms with Gasteiger partial charge in [-0.3, -0.25) is 0 Å². The Labute approximate surface area is 124 Å². The molecule has 0 aromatic heterocycles. The van der Waals surface area contributed by atoms with Gasteiger partial charge < -0.3 is 25.2 Å². The zero-order valence-corrected chi connectivity index (χ0v) is 11.9. The molecule has 0 radical (unpaired) electrons. The third-order valence-electron chi connectivity index (χ3n) is 3.59. The highest BCUT2D eigenvalue weighted by Gasteiger charge is 2.22. The molecule has 1 aliphatic heterocycles. The van der Waals surface area contributed by atoms with E-state index in [1.54, 1.807) is 0 Å². The molecule has 1 aromatic rings. The van der Waals surface area contributed by atoms with Gasteiger partial charge in [0, 0.05) is 25.7 Å². The minimum Gasteiger partial charge on any atom is -0.491 e. The summed E-state index contributed by atoms with van der Waals surface area (Å²) in [6.45, 7) is 1.78. The molecule has 1 atom stereocenters. The lowest BCUT2D eigenvalue weighted by Crippen LogP contribution is -2.46. The van der Waals surface area contributed by atoms with Crippen LogP contribution in [0.1, 0.15) is 12.8 Å². The molecule has 1 saturated heterocycles. The second-order valence-electron chi connectivity index (χ2n) is 5.23. The Bertz CT molecular complexity index is 433. The summed E-state index contributed by atoms with van der Waals surface area (Å²) in [5.74, 6) is 0.742. The molecule has 0 saturated carbocycles. The molecule has 6 heteroatoms. The van der Waals surface area contributed by atoms with E-state index < -0.39 is 12.2 Å². The average molecular weight is 294 g/mol. The van der Waals surface area contributed by atoms with E-state index in [9.17, 15) is 9.90 Å². The highest BCUT2D eigenvalue weighted by Crippen LogP contribution is 2.11. The number of rotatable bonds is 6. The fourth-order valence-corrected chi connectivity index (χ4v) is 2.35. The molecule has 1 fully saturated rings. The number of ether oxygens (including phenoxy) is 1. The zero-order valence-electron chi connectivity index (χ0n) is 11.9. The molecule has 21 heavy (non-hydrogen) atoms. The van der Waals surface area contributed by atoms with E-state index in [2.05, 4.69) is 5.32 Å². The van der Waals surface area contributed by atoms with Crippen LogP contribution in [0.5, 0.6) is 5.75 Å². The van der Waals surface area contributed by atoms with Crippen LogP contribution in [-0.2, 0) is 0 Å². The van der Waals surface area contributed by atoms with Crippen molar-refractivity contribution < 1.29 is 19.7 Å². The third-order valence-corrected chi connectivity index (χ3v) is 3.59. The first-order valence-electron chi connectivity index (χ1n) is 7.22. The van der Waals surface area contributed by atoms with Crippen molar-refractivity contribution in [1.82, 2.24) is 10.2 Å². The van der Waals surface area contributed by atoms with E-state index >= 15 is 0 Å². The normalized spacial score (nSPS) is 17.5. The Kier molecular flexibility index (Phi) is 5.83. The number of para-hydroxylation sites is 1. The largest absolute Gasteiger partial charge is 0.491 e. The summed E-state index contributed by atoms with van der Waals surface area (Å²) in [6, 6.07) is 9.64. The van der Waals surface area contributed by atoms with Crippen molar-refractivity contribution in [3.63, 3.8) is 0 Å². The van der Waals surface area contributed by atoms with Crippen LogP contribution < -0.4 is 10.1 Å². The van der Waals surface area contributed by atoms with Gasteiger partial charge in [0.25, 0.3) is 0 Å². The summed E-state index contributed by atoms with van der Waals surface area (Å²) in [5.41, 5.74) is 0. The van der Waals surface area contributed by atoms with Crippen LogP contribution in [-0.4, -0.2) is 59.6 Å². The predicted octanol–water partition coefficient (Wildman–Crippen LogP) is 1.16. The van der Waals surface area contributed by atoms with E-state index in [4.69, 9.17) is 9.84 Å². The summed E-state index contributed by atoms with van der Waals surface area (Å²) >= 11 is 0. The molecule has 1 aromatic carbocycles. The van der Waals surface area contributed by atoms with Crippen molar-refractivity contribution in [2.45, 2.75) is 25.0 Å². The van der Waals surface area contributed by atoms with Crippen LogP contribution in [0.15, 0.2) is 30.3 Å². The Morgan fingerprint density at radius 1 is 1.33 bits per heavy atom. The molecule has 116 valence electrons. The van der Waals surface area contributed by atoms with Gasteiger partial charge in [0.05, 0.1) is 0 Å². The number of benzene rings is 1. The maximum atomic E-state index is 10.8. The smallest absolute Gasteiger partial charge is 0.407 e.